The first-order valence-electron chi connectivity index (χ1n) is 5.51. The van der Waals surface area contributed by atoms with Gasteiger partial charge in [0, 0.05) is 17.3 Å². The van der Waals surface area contributed by atoms with Gasteiger partial charge < -0.3 is 5.32 Å². The predicted molar refractivity (Wildman–Crippen MR) is 62.5 cm³/mol. The van der Waals surface area contributed by atoms with Crippen molar-refractivity contribution >= 4 is 21.8 Å². The first-order valence-corrected chi connectivity index (χ1v) is 6.43. The molecule has 1 aliphatic rings. The van der Waals surface area contributed by atoms with E-state index in [2.05, 4.69) is 35.1 Å². The molecule has 0 spiro atoms. The maximum Gasteiger partial charge on any atom is 0.223 e. The molecule has 0 aromatic heterocycles. The van der Waals surface area contributed by atoms with Crippen molar-refractivity contribution in [3.8, 4) is 0 Å². The third kappa shape index (κ3) is 3.99. The minimum Gasteiger partial charge on any atom is -0.355 e. The second kappa shape index (κ2) is 5.74. The Balaban J connectivity index is 2.09. The lowest BCUT2D eigenvalue weighted by Gasteiger charge is -2.24. The third-order valence-electron chi connectivity index (χ3n) is 2.70. The molecule has 0 bridgehead atoms. The molecule has 0 aliphatic heterocycles. The maximum atomic E-state index is 11.5. The Kier molecular flexibility index (Phi) is 4.93. The summed E-state index contributed by atoms with van der Waals surface area (Å²) in [5.41, 5.74) is 0. The molecule has 0 saturated heterocycles. The van der Waals surface area contributed by atoms with Crippen LogP contribution in [0.1, 0.15) is 39.5 Å². The van der Waals surface area contributed by atoms with Crippen LogP contribution in [0.3, 0.4) is 0 Å². The highest BCUT2D eigenvalue weighted by Crippen LogP contribution is 2.26. The summed E-state index contributed by atoms with van der Waals surface area (Å²) in [6, 6.07) is 0. The fourth-order valence-electron chi connectivity index (χ4n) is 1.62. The molecule has 1 N–H and O–H groups in total. The number of halogens is 1. The van der Waals surface area contributed by atoms with E-state index in [0.717, 1.165) is 25.8 Å². The van der Waals surface area contributed by atoms with Gasteiger partial charge in [0.05, 0.1) is 0 Å². The summed E-state index contributed by atoms with van der Waals surface area (Å²) in [4.78, 5) is 11.9. The van der Waals surface area contributed by atoms with Crippen molar-refractivity contribution in [2.75, 3.05) is 6.54 Å². The van der Waals surface area contributed by atoms with Crippen LogP contribution in [0.4, 0.5) is 0 Å². The van der Waals surface area contributed by atoms with E-state index in [4.69, 9.17) is 0 Å². The standard InChI is InChI=1S/C11H20BrNO/c1-8(2)6-10(12)7-13-11(14)9-4-3-5-9/h8-10H,3-7H2,1-2H3,(H,13,14). The van der Waals surface area contributed by atoms with Crippen molar-refractivity contribution in [1.29, 1.82) is 0 Å². The Morgan fingerprint density at radius 1 is 1.50 bits per heavy atom. The number of alkyl halides is 1. The average molecular weight is 262 g/mol. The highest BCUT2D eigenvalue weighted by atomic mass is 79.9. The van der Waals surface area contributed by atoms with E-state index in [9.17, 15) is 4.79 Å². The molecule has 1 unspecified atom stereocenters. The number of hydrogen-bond acceptors (Lipinski definition) is 1. The Morgan fingerprint density at radius 3 is 2.57 bits per heavy atom. The maximum absolute atomic E-state index is 11.5. The van der Waals surface area contributed by atoms with Crippen LogP contribution in [-0.2, 0) is 4.79 Å². The Morgan fingerprint density at radius 2 is 2.14 bits per heavy atom. The zero-order valence-electron chi connectivity index (χ0n) is 9.05. The molecule has 1 saturated carbocycles. The molecule has 0 heterocycles. The number of nitrogens with one attached hydrogen (secondary N) is 1. The van der Waals surface area contributed by atoms with E-state index in [-0.39, 0.29) is 5.91 Å². The lowest BCUT2D eigenvalue weighted by atomic mass is 9.85. The number of carbonyl (C=O) groups is 1. The van der Waals surface area contributed by atoms with Crippen molar-refractivity contribution < 1.29 is 4.79 Å². The van der Waals surface area contributed by atoms with Gasteiger partial charge >= 0.3 is 0 Å². The molecule has 2 nitrogen and oxygen atoms in total. The van der Waals surface area contributed by atoms with Crippen molar-refractivity contribution in [2.45, 2.75) is 44.4 Å². The zero-order chi connectivity index (χ0) is 10.6. The van der Waals surface area contributed by atoms with E-state index >= 15 is 0 Å². The monoisotopic (exact) mass is 261 g/mol. The van der Waals surface area contributed by atoms with E-state index < -0.39 is 0 Å². The number of carbonyl (C=O) groups excluding carboxylic acids is 1. The summed E-state index contributed by atoms with van der Waals surface area (Å²) in [6.45, 7) is 5.16. The average Bonchev–Trinajstić information content (AvgIpc) is 1.96. The molecule has 82 valence electrons. The molecular formula is C11H20BrNO. The van der Waals surface area contributed by atoms with Gasteiger partial charge in [0.25, 0.3) is 0 Å². The minimum atomic E-state index is 0.254. The van der Waals surface area contributed by atoms with Crippen LogP contribution in [0.5, 0.6) is 0 Å². The molecule has 0 aromatic carbocycles. The van der Waals surface area contributed by atoms with Crippen molar-refractivity contribution in [2.24, 2.45) is 11.8 Å². The molecule has 1 fully saturated rings. The van der Waals surface area contributed by atoms with Gasteiger partial charge in [-0.3, -0.25) is 4.79 Å². The largest absolute Gasteiger partial charge is 0.355 e. The van der Waals surface area contributed by atoms with Gasteiger partial charge in [0.1, 0.15) is 0 Å². The van der Waals surface area contributed by atoms with Gasteiger partial charge in [-0.25, -0.2) is 0 Å². The van der Waals surface area contributed by atoms with Gasteiger partial charge in [-0.15, -0.1) is 0 Å². The predicted octanol–water partition coefficient (Wildman–Crippen LogP) is 2.71. The summed E-state index contributed by atoms with van der Waals surface area (Å²) in [7, 11) is 0. The lowest BCUT2D eigenvalue weighted by molar-refractivity contribution is -0.127. The van der Waals surface area contributed by atoms with Crippen LogP contribution < -0.4 is 5.32 Å². The normalized spacial score (nSPS) is 19.1. The van der Waals surface area contributed by atoms with Crippen LogP contribution in [0.25, 0.3) is 0 Å². The fourth-order valence-corrected chi connectivity index (χ4v) is 2.53. The summed E-state index contributed by atoms with van der Waals surface area (Å²) in [5, 5.41) is 3.00. The summed E-state index contributed by atoms with van der Waals surface area (Å²) < 4.78 is 0. The van der Waals surface area contributed by atoms with Crippen LogP contribution >= 0.6 is 15.9 Å². The molecule has 3 heteroatoms. The Hall–Kier alpha value is -0.0500. The van der Waals surface area contributed by atoms with Gasteiger partial charge in [-0.05, 0) is 25.2 Å². The topological polar surface area (TPSA) is 29.1 Å². The minimum absolute atomic E-state index is 0.254. The van der Waals surface area contributed by atoms with E-state index in [0.29, 0.717) is 16.7 Å². The third-order valence-corrected chi connectivity index (χ3v) is 3.40. The highest BCUT2D eigenvalue weighted by Gasteiger charge is 2.25. The summed E-state index contributed by atoms with van der Waals surface area (Å²) >= 11 is 3.58. The Bertz CT molecular complexity index is 190. The van der Waals surface area contributed by atoms with Crippen molar-refractivity contribution in [1.82, 2.24) is 5.32 Å². The molecular weight excluding hydrogens is 242 g/mol. The van der Waals surface area contributed by atoms with E-state index in [1.54, 1.807) is 0 Å². The first-order chi connectivity index (χ1) is 6.59. The van der Waals surface area contributed by atoms with Crippen LogP contribution in [0.2, 0.25) is 0 Å². The molecule has 1 atom stereocenters. The van der Waals surface area contributed by atoms with Gasteiger partial charge in [-0.1, -0.05) is 36.2 Å². The lowest BCUT2D eigenvalue weighted by Crippen LogP contribution is -2.37. The first kappa shape index (κ1) is 12.0. The van der Waals surface area contributed by atoms with E-state index in [1.807, 2.05) is 0 Å². The summed E-state index contributed by atoms with van der Waals surface area (Å²) in [6.07, 6.45) is 4.51. The van der Waals surface area contributed by atoms with Gasteiger partial charge in [0.2, 0.25) is 5.91 Å². The van der Waals surface area contributed by atoms with Crippen LogP contribution in [-0.4, -0.2) is 17.3 Å². The Labute approximate surface area is 95.0 Å². The fraction of sp³-hybridized carbons (Fsp3) is 0.909. The summed E-state index contributed by atoms with van der Waals surface area (Å²) in [5.74, 6) is 1.25. The highest BCUT2D eigenvalue weighted by molar-refractivity contribution is 9.09. The molecule has 0 radical (unpaired) electrons. The van der Waals surface area contributed by atoms with Crippen molar-refractivity contribution in [3.63, 3.8) is 0 Å². The zero-order valence-corrected chi connectivity index (χ0v) is 10.6. The molecule has 1 rings (SSSR count). The quantitative estimate of drug-likeness (QED) is 0.758. The van der Waals surface area contributed by atoms with Crippen molar-refractivity contribution in [3.05, 3.63) is 0 Å². The number of hydrogen-bond donors (Lipinski definition) is 1. The van der Waals surface area contributed by atoms with Gasteiger partial charge in [-0.2, -0.15) is 0 Å². The molecule has 1 amide bonds. The molecule has 14 heavy (non-hydrogen) atoms. The number of rotatable bonds is 5. The number of amides is 1. The van der Waals surface area contributed by atoms with E-state index in [1.165, 1.54) is 6.42 Å². The second-order valence-electron chi connectivity index (χ2n) is 4.60. The molecule has 0 aromatic rings. The smallest absolute Gasteiger partial charge is 0.223 e. The SMILES string of the molecule is CC(C)CC(Br)CNC(=O)C1CCC1. The van der Waals surface area contributed by atoms with Crippen LogP contribution in [0, 0.1) is 11.8 Å². The molecule has 1 aliphatic carbocycles. The van der Waals surface area contributed by atoms with Crippen LogP contribution in [0.15, 0.2) is 0 Å². The second-order valence-corrected chi connectivity index (χ2v) is 5.89. The van der Waals surface area contributed by atoms with Gasteiger partial charge in [0.15, 0.2) is 0 Å².